The number of rotatable bonds is 35. The molecule has 0 fully saturated rings. The highest BCUT2D eigenvalue weighted by molar-refractivity contribution is 5.94. The first-order chi connectivity index (χ1) is 25.2. The van der Waals surface area contributed by atoms with Crippen LogP contribution in [0.1, 0.15) is 42.9 Å². The number of carbonyl (C=O) groups is 1. The van der Waals surface area contributed by atoms with Crippen molar-refractivity contribution in [1.29, 1.82) is 0 Å². The summed E-state index contributed by atoms with van der Waals surface area (Å²) in [5.41, 5.74) is 0.567. The number of ketones is 1. The summed E-state index contributed by atoms with van der Waals surface area (Å²) < 4.78 is 39.5. The molecule has 0 aliphatic carbocycles. The highest BCUT2D eigenvalue weighted by Gasteiger charge is 2.16. The maximum Gasteiger partial charge on any atom is 0.276 e. The Balaban J connectivity index is 1.88. The predicted octanol–water partition coefficient (Wildman–Crippen LogP) is 2.72. The number of hydrogen-bond donors (Lipinski definition) is 2. The lowest BCUT2D eigenvalue weighted by Crippen LogP contribution is -2.43. The Morgan fingerprint density at radius 2 is 1.23 bits per heavy atom. The van der Waals surface area contributed by atoms with Crippen LogP contribution in [0.25, 0.3) is 6.08 Å². The number of nitro groups is 1. The van der Waals surface area contributed by atoms with Crippen LogP contribution in [0.4, 0.5) is 5.69 Å². The quantitative estimate of drug-likeness (QED) is 0.0259. The van der Waals surface area contributed by atoms with Crippen molar-refractivity contribution in [2.45, 2.75) is 39.4 Å². The molecule has 0 heterocycles. The summed E-state index contributed by atoms with van der Waals surface area (Å²) in [6.07, 6.45) is 4.32. The van der Waals surface area contributed by atoms with E-state index < -0.39 is 11.5 Å². The van der Waals surface area contributed by atoms with Gasteiger partial charge in [-0.05, 0) is 42.7 Å². The molecule has 0 unspecified atom stereocenters. The maximum absolute atomic E-state index is 12.2. The zero-order valence-corrected chi connectivity index (χ0v) is 31.3. The number of nitrogens with zero attached hydrogens (tertiary/aromatic N) is 4. The van der Waals surface area contributed by atoms with Crippen LogP contribution in [0.5, 0.6) is 0 Å². The fraction of sp³-hybridized carbons (Fsp3) is 0.722. The van der Waals surface area contributed by atoms with Gasteiger partial charge in [0, 0.05) is 32.1 Å². The van der Waals surface area contributed by atoms with E-state index in [0.717, 1.165) is 30.5 Å². The zero-order chi connectivity index (χ0) is 38.1. The van der Waals surface area contributed by atoms with Gasteiger partial charge in [0.25, 0.3) is 5.69 Å². The molecular formula is C36H61N4O12+. The van der Waals surface area contributed by atoms with Crippen LogP contribution in [0.15, 0.2) is 28.2 Å². The molecule has 1 aromatic rings. The summed E-state index contributed by atoms with van der Waals surface area (Å²) in [7, 11) is 4.38. The van der Waals surface area contributed by atoms with E-state index in [1.165, 1.54) is 24.3 Å². The molecule has 0 aromatic heterocycles. The van der Waals surface area contributed by atoms with Crippen LogP contribution in [-0.2, 0) is 51.2 Å². The number of allylic oxidation sites excluding steroid dienone is 1. The van der Waals surface area contributed by atoms with Crippen LogP contribution < -0.4 is 0 Å². The molecule has 16 nitrogen and oxygen atoms in total. The Morgan fingerprint density at radius 3 is 1.71 bits per heavy atom. The van der Waals surface area contributed by atoms with Gasteiger partial charge < -0.3 is 47.9 Å². The van der Waals surface area contributed by atoms with E-state index in [2.05, 4.69) is 30.1 Å². The number of quaternary nitrogens is 1. The molecule has 0 aliphatic rings. The minimum Gasteiger partial charge on any atom is -0.392 e. The average Bonchev–Trinajstić information content (AvgIpc) is 3.13. The Kier molecular flexibility index (Phi) is 28.5. The van der Waals surface area contributed by atoms with Crippen molar-refractivity contribution in [2.24, 2.45) is 9.98 Å². The van der Waals surface area contributed by atoms with E-state index in [9.17, 15) is 25.1 Å². The van der Waals surface area contributed by atoms with Gasteiger partial charge in [-0.1, -0.05) is 0 Å². The lowest BCUT2D eigenvalue weighted by molar-refractivity contribution is -0.890. The molecule has 0 amide bonds. The van der Waals surface area contributed by atoms with Crippen molar-refractivity contribution in [3.05, 3.63) is 45.0 Å². The van der Waals surface area contributed by atoms with Gasteiger partial charge in [-0.2, -0.15) is 0 Å². The first kappa shape index (κ1) is 47.0. The summed E-state index contributed by atoms with van der Waals surface area (Å²) in [6, 6.07) is 5.31. The number of aliphatic imine (C=N–C) groups is 2. The van der Waals surface area contributed by atoms with Gasteiger partial charge >= 0.3 is 0 Å². The summed E-state index contributed by atoms with van der Waals surface area (Å²) in [6.45, 7) is 11.2. The van der Waals surface area contributed by atoms with Gasteiger partial charge in [-0.15, -0.1) is 0 Å². The van der Waals surface area contributed by atoms with Gasteiger partial charge in [0.15, 0.2) is 5.78 Å². The molecule has 0 atom stereocenters. The third-order valence-corrected chi connectivity index (χ3v) is 7.45. The van der Waals surface area contributed by atoms with Crippen molar-refractivity contribution in [3.8, 4) is 0 Å². The van der Waals surface area contributed by atoms with E-state index in [1.54, 1.807) is 0 Å². The van der Waals surface area contributed by atoms with Crippen LogP contribution in [0, 0.1) is 10.1 Å². The number of nitro benzene ring substituents is 1. The van der Waals surface area contributed by atoms with Crippen LogP contribution in [0.2, 0.25) is 0 Å². The van der Waals surface area contributed by atoms with Crippen molar-refractivity contribution in [2.75, 3.05) is 133 Å². The highest BCUT2D eigenvalue weighted by atomic mass is 16.6. The second kappa shape index (κ2) is 31.5. The Labute approximate surface area is 308 Å². The largest absolute Gasteiger partial charge is 0.392 e. The summed E-state index contributed by atoms with van der Waals surface area (Å²) in [4.78, 5) is 31.1. The molecule has 0 bridgehead atoms. The number of carbonyl (C=O) groups excluding carboxylic acids is 1. The number of aliphatic hydroxyl groups excluding tert-OH is 2. The molecule has 0 radical (unpaired) electrons. The summed E-state index contributed by atoms with van der Waals surface area (Å²) in [5.74, 6) is -0.208. The Bertz CT molecular complexity index is 1190. The van der Waals surface area contributed by atoms with Gasteiger partial charge in [0.05, 0.1) is 143 Å². The number of ether oxygens (including phenoxy) is 7. The van der Waals surface area contributed by atoms with Gasteiger partial charge in [-0.25, -0.2) is 9.98 Å². The van der Waals surface area contributed by atoms with E-state index in [4.69, 9.17) is 33.2 Å². The van der Waals surface area contributed by atoms with E-state index in [-0.39, 0.29) is 35.6 Å². The molecule has 0 saturated heterocycles. The van der Waals surface area contributed by atoms with E-state index >= 15 is 0 Å². The molecule has 0 saturated carbocycles. The lowest BCUT2D eigenvalue weighted by atomic mass is 10.0. The Hall–Kier alpha value is -2.99. The lowest BCUT2D eigenvalue weighted by Gasteiger charge is -2.29. The number of hydrogen-bond acceptors (Lipinski definition) is 14. The van der Waals surface area contributed by atoms with E-state index in [0.29, 0.717) is 111 Å². The third kappa shape index (κ3) is 25.1. The first-order valence-electron chi connectivity index (χ1n) is 17.9. The van der Waals surface area contributed by atoms with Gasteiger partial charge in [-0.3, -0.25) is 14.9 Å². The Morgan fingerprint density at radius 1 is 0.750 bits per heavy atom. The summed E-state index contributed by atoms with van der Waals surface area (Å²) >= 11 is 0. The monoisotopic (exact) mass is 741 g/mol. The summed E-state index contributed by atoms with van der Waals surface area (Å²) in [5, 5.41) is 30.1. The van der Waals surface area contributed by atoms with Crippen molar-refractivity contribution >= 4 is 23.6 Å². The maximum atomic E-state index is 12.2. The van der Waals surface area contributed by atoms with Gasteiger partial charge in [0.2, 0.25) is 0 Å². The fourth-order valence-electron chi connectivity index (χ4n) is 4.49. The van der Waals surface area contributed by atoms with Crippen molar-refractivity contribution in [3.63, 3.8) is 0 Å². The highest BCUT2D eigenvalue weighted by Crippen LogP contribution is 2.25. The van der Waals surface area contributed by atoms with Crippen LogP contribution >= 0.6 is 0 Å². The SMILES string of the molecule is CCN=C=NCCC[N+](C)(C)CCOCCOCCOCCOCCOCCOCCOCCCC(=O)/C=C/c1cc(CO)c(CO)cc1[N+](=O)[O-]. The first-order valence-corrected chi connectivity index (χ1v) is 17.9. The smallest absolute Gasteiger partial charge is 0.276 e. The molecule has 0 aliphatic heterocycles. The third-order valence-electron chi connectivity index (χ3n) is 7.45. The topological polar surface area (TPSA) is 190 Å². The molecule has 1 rings (SSSR count). The zero-order valence-electron chi connectivity index (χ0n) is 31.3. The molecule has 0 spiro atoms. The fourth-order valence-corrected chi connectivity index (χ4v) is 4.49. The van der Waals surface area contributed by atoms with Crippen LogP contribution in [-0.4, -0.2) is 164 Å². The average molecular weight is 742 g/mol. The molecule has 1 aromatic carbocycles. The van der Waals surface area contributed by atoms with E-state index in [1.807, 2.05) is 6.92 Å². The predicted molar refractivity (Wildman–Crippen MR) is 196 cm³/mol. The standard InChI is InChI=1S/C36H61N4O12/c1-4-37-31-38-10-6-11-40(2,3)12-14-47-16-18-49-20-22-51-24-26-52-25-23-50-21-19-48-17-15-46-13-5-7-35(43)9-8-32-27-33(29-41)34(30-42)28-36(32)39(44)45/h8-9,27-28,41-42H,4-7,10-26,29-30H2,1-3H3/q+1/b9-8+. The number of benzene rings is 1. The van der Waals surface area contributed by atoms with Crippen molar-refractivity contribution < 1.29 is 57.6 Å². The molecule has 2 N–H and O–H groups in total. The van der Waals surface area contributed by atoms with Crippen molar-refractivity contribution in [1.82, 2.24) is 0 Å². The molecular weight excluding hydrogens is 680 g/mol. The second-order valence-corrected chi connectivity index (χ2v) is 12.1. The number of likely N-dealkylation sites (N-methyl/N-ethyl adjacent to an activating group) is 1. The minimum atomic E-state index is -0.591. The molecule has 296 valence electrons. The minimum absolute atomic E-state index is 0.183. The second-order valence-electron chi connectivity index (χ2n) is 12.1. The number of aliphatic hydroxyl groups is 2. The molecule has 16 heteroatoms. The van der Waals surface area contributed by atoms with Gasteiger partial charge in [0.1, 0.15) is 6.54 Å². The normalized spacial score (nSPS) is 11.6. The van der Waals surface area contributed by atoms with Crippen LogP contribution in [0.3, 0.4) is 0 Å². The molecule has 52 heavy (non-hydrogen) atoms.